The maximum atomic E-state index is 13.4. The van der Waals surface area contributed by atoms with Crippen LogP contribution in [0.2, 0.25) is 0 Å². The van der Waals surface area contributed by atoms with Gasteiger partial charge >= 0.3 is 0 Å². The van der Waals surface area contributed by atoms with Crippen LogP contribution in [0.3, 0.4) is 0 Å². The average Bonchev–Trinajstić information content (AvgIpc) is 3.21. The molecule has 180 valence electrons. The second-order valence-corrected chi connectivity index (χ2v) is 10.5. The Morgan fingerprint density at radius 1 is 0.914 bits per heavy atom. The molecule has 0 aliphatic carbocycles. The van der Waals surface area contributed by atoms with E-state index in [2.05, 4.69) is 10.0 Å². The molecule has 0 aliphatic rings. The Morgan fingerprint density at radius 3 is 2.17 bits per heavy atom. The first-order valence-corrected chi connectivity index (χ1v) is 13.1. The lowest BCUT2D eigenvalue weighted by molar-refractivity contribution is 0.102. The number of nitrogens with zero attached hydrogens (tertiary/aromatic N) is 2. The summed E-state index contributed by atoms with van der Waals surface area (Å²) < 4.78 is 27.6. The van der Waals surface area contributed by atoms with Crippen molar-refractivity contribution in [2.24, 2.45) is 0 Å². The van der Waals surface area contributed by atoms with Crippen molar-refractivity contribution < 1.29 is 13.2 Å². The van der Waals surface area contributed by atoms with Gasteiger partial charge in [-0.15, -0.1) is 0 Å². The van der Waals surface area contributed by atoms with E-state index in [1.54, 1.807) is 36.0 Å². The Morgan fingerprint density at radius 2 is 1.54 bits per heavy atom. The number of rotatable bonds is 7. The van der Waals surface area contributed by atoms with Crippen LogP contribution in [0.15, 0.2) is 72.9 Å². The standard InChI is InChI=1S/C27H28N4O3S/c1-18-5-10-21(11-6-18)16-31-17-24(26(29-31)22-12-7-19(2)8-13-22)27(32)28-23-14-9-20(3)25(15-23)30-35(4,33)34/h5-15,17,30H,16H2,1-4H3,(H,28,32). The second kappa shape index (κ2) is 9.76. The summed E-state index contributed by atoms with van der Waals surface area (Å²) in [4.78, 5) is 13.4. The van der Waals surface area contributed by atoms with Gasteiger partial charge in [-0.25, -0.2) is 8.42 Å². The number of hydrogen-bond donors (Lipinski definition) is 2. The van der Waals surface area contributed by atoms with E-state index >= 15 is 0 Å². The van der Waals surface area contributed by atoms with E-state index in [1.165, 1.54) is 5.56 Å². The third-order valence-electron chi connectivity index (χ3n) is 5.59. The minimum atomic E-state index is -3.45. The fourth-order valence-electron chi connectivity index (χ4n) is 3.68. The van der Waals surface area contributed by atoms with E-state index in [1.807, 2.05) is 62.4 Å². The van der Waals surface area contributed by atoms with Gasteiger partial charge in [-0.3, -0.25) is 14.2 Å². The van der Waals surface area contributed by atoms with Gasteiger partial charge in [0, 0.05) is 17.4 Å². The predicted molar refractivity (Wildman–Crippen MR) is 140 cm³/mol. The second-order valence-electron chi connectivity index (χ2n) is 8.80. The molecule has 0 saturated carbocycles. The van der Waals surface area contributed by atoms with Crippen molar-refractivity contribution in [3.05, 3.63) is 101 Å². The number of aryl methyl sites for hydroxylation is 3. The van der Waals surface area contributed by atoms with Crippen molar-refractivity contribution in [3.8, 4) is 11.3 Å². The van der Waals surface area contributed by atoms with Gasteiger partial charge < -0.3 is 5.32 Å². The van der Waals surface area contributed by atoms with Gasteiger partial charge in [0.15, 0.2) is 0 Å². The Bertz CT molecular complexity index is 1470. The Balaban J connectivity index is 1.67. The first-order valence-electron chi connectivity index (χ1n) is 11.2. The lowest BCUT2D eigenvalue weighted by Crippen LogP contribution is -2.14. The average molecular weight is 489 g/mol. The summed E-state index contributed by atoms with van der Waals surface area (Å²) in [7, 11) is -3.45. The highest BCUT2D eigenvalue weighted by Crippen LogP contribution is 2.26. The highest BCUT2D eigenvalue weighted by molar-refractivity contribution is 7.92. The molecule has 35 heavy (non-hydrogen) atoms. The minimum Gasteiger partial charge on any atom is -0.322 e. The Kier molecular flexibility index (Phi) is 6.75. The van der Waals surface area contributed by atoms with E-state index in [0.29, 0.717) is 29.2 Å². The number of sulfonamides is 1. The molecule has 0 saturated heterocycles. The molecule has 1 heterocycles. The van der Waals surface area contributed by atoms with Crippen LogP contribution in [-0.4, -0.2) is 30.4 Å². The number of aromatic nitrogens is 2. The van der Waals surface area contributed by atoms with Crippen LogP contribution >= 0.6 is 0 Å². The summed E-state index contributed by atoms with van der Waals surface area (Å²) in [5.74, 6) is -0.329. The van der Waals surface area contributed by atoms with E-state index in [0.717, 1.165) is 28.5 Å². The third-order valence-corrected chi connectivity index (χ3v) is 6.18. The molecule has 0 unspecified atom stereocenters. The van der Waals surface area contributed by atoms with Crippen molar-refractivity contribution in [3.63, 3.8) is 0 Å². The van der Waals surface area contributed by atoms with Crippen LogP contribution in [-0.2, 0) is 16.6 Å². The van der Waals surface area contributed by atoms with E-state index in [4.69, 9.17) is 5.10 Å². The first-order chi connectivity index (χ1) is 16.6. The van der Waals surface area contributed by atoms with Gasteiger partial charge in [-0.1, -0.05) is 65.7 Å². The highest BCUT2D eigenvalue weighted by atomic mass is 32.2. The first kappa shape index (κ1) is 24.2. The molecule has 4 aromatic rings. The molecule has 0 radical (unpaired) electrons. The van der Waals surface area contributed by atoms with E-state index in [-0.39, 0.29) is 5.91 Å². The van der Waals surface area contributed by atoms with Gasteiger partial charge in [0.05, 0.1) is 24.1 Å². The summed E-state index contributed by atoms with van der Waals surface area (Å²) in [6, 6.07) is 21.2. The lowest BCUT2D eigenvalue weighted by atomic mass is 10.1. The normalized spacial score (nSPS) is 11.3. The van der Waals surface area contributed by atoms with Gasteiger partial charge in [0.2, 0.25) is 10.0 Å². The molecule has 1 aromatic heterocycles. The summed E-state index contributed by atoms with van der Waals surface area (Å²) in [5.41, 5.74) is 6.87. The zero-order valence-corrected chi connectivity index (χ0v) is 21.0. The van der Waals surface area contributed by atoms with E-state index < -0.39 is 10.0 Å². The summed E-state index contributed by atoms with van der Waals surface area (Å²) in [6.07, 6.45) is 2.84. The number of anilines is 2. The van der Waals surface area contributed by atoms with Crippen LogP contribution in [0, 0.1) is 20.8 Å². The smallest absolute Gasteiger partial charge is 0.259 e. The largest absolute Gasteiger partial charge is 0.322 e. The van der Waals surface area contributed by atoms with Gasteiger partial charge in [-0.2, -0.15) is 5.10 Å². The van der Waals surface area contributed by atoms with Crippen LogP contribution in [0.25, 0.3) is 11.3 Å². The summed E-state index contributed by atoms with van der Waals surface area (Å²) in [5, 5.41) is 7.63. The van der Waals surface area contributed by atoms with Gasteiger partial charge in [0.1, 0.15) is 5.69 Å². The topological polar surface area (TPSA) is 93.1 Å². The molecule has 2 N–H and O–H groups in total. The molecule has 7 nitrogen and oxygen atoms in total. The number of benzene rings is 3. The molecule has 4 rings (SSSR count). The van der Waals surface area contributed by atoms with Crippen molar-refractivity contribution in [2.75, 3.05) is 16.3 Å². The van der Waals surface area contributed by atoms with Crippen molar-refractivity contribution in [1.29, 1.82) is 0 Å². The number of hydrogen-bond acceptors (Lipinski definition) is 4. The SMILES string of the molecule is Cc1ccc(Cn2cc(C(=O)Nc3ccc(C)c(NS(C)(=O)=O)c3)c(-c3ccc(C)cc3)n2)cc1. The molecule has 0 bridgehead atoms. The quantitative estimate of drug-likeness (QED) is 0.376. The molecule has 0 spiro atoms. The van der Waals surface area contributed by atoms with Crippen molar-refractivity contribution >= 4 is 27.3 Å². The summed E-state index contributed by atoms with van der Waals surface area (Å²) in [6.45, 7) is 6.37. The maximum Gasteiger partial charge on any atom is 0.259 e. The summed E-state index contributed by atoms with van der Waals surface area (Å²) >= 11 is 0. The minimum absolute atomic E-state index is 0.329. The van der Waals surface area contributed by atoms with Gasteiger partial charge in [0.25, 0.3) is 5.91 Å². The van der Waals surface area contributed by atoms with E-state index in [9.17, 15) is 13.2 Å². The van der Waals surface area contributed by atoms with Crippen LogP contribution in [0.5, 0.6) is 0 Å². The highest BCUT2D eigenvalue weighted by Gasteiger charge is 2.19. The number of carbonyl (C=O) groups excluding carboxylic acids is 1. The zero-order chi connectivity index (χ0) is 25.2. The number of carbonyl (C=O) groups is 1. The molecular weight excluding hydrogens is 460 g/mol. The molecule has 0 aliphatic heterocycles. The maximum absolute atomic E-state index is 13.4. The van der Waals surface area contributed by atoms with Crippen LogP contribution in [0.4, 0.5) is 11.4 Å². The predicted octanol–water partition coefficient (Wildman–Crippen LogP) is 5.15. The molecule has 8 heteroatoms. The fourth-order valence-corrected chi connectivity index (χ4v) is 4.30. The number of nitrogens with one attached hydrogen (secondary N) is 2. The molecule has 0 fully saturated rings. The lowest BCUT2D eigenvalue weighted by Gasteiger charge is -2.11. The van der Waals surface area contributed by atoms with Crippen LogP contribution < -0.4 is 10.0 Å². The molecule has 0 atom stereocenters. The number of amides is 1. The van der Waals surface area contributed by atoms with Crippen molar-refractivity contribution in [2.45, 2.75) is 27.3 Å². The third kappa shape index (κ3) is 6.16. The Labute approximate surface area is 205 Å². The fraction of sp³-hybridized carbons (Fsp3) is 0.185. The molecular formula is C27H28N4O3S. The van der Waals surface area contributed by atoms with Crippen LogP contribution in [0.1, 0.15) is 32.6 Å². The molecule has 1 amide bonds. The monoisotopic (exact) mass is 488 g/mol. The molecule has 3 aromatic carbocycles. The van der Waals surface area contributed by atoms with Crippen molar-refractivity contribution in [1.82, 2.24) is 9.78 Å². The zero-order valence-electron chi connectivity index (χ0n) is 20.2. The van der Waals surface area contributed by atoms with Gasteiger partial charge in [-0.05, 0) is 44.0 Å². The Hall–Kier alpha value is -3.91.